The zero-order valence-electron chi connectivity index (χ0n) is 23.0. The number of aryl methyl sites for hydroxylation is 2. The molecule has 0 unspecified atom stereocenters. The second-order valence-electron chi connectivity index (χ2n) is 10.9. The second-order valence-corrected chi connectivity index (χ2v) is 11.7. The van der Waals surface area contributed by atoms with Gasteiger partial charge in [-0.15, -0.1) is 0 Å². The van der Waals surface area contributed by atoms with Crippen LogP contribution in [0.3, 0.4) is 0 Å². The van der Waals surface area contributed by atoms with Crippen molar-refractivity contribution in [1.82, 2.24) is 15.1 Å². The molecule has 2 aliphatic rings. The van der Waals surface area contributed by atoms with E-state index in [4.69, 9.17) is 27.9 Å². The minimum Gasteiger partial charge on any atom is -0.368 e. The molecule has 2 fully saturated rings. The number of benzene rings is 2. The molecule has 0 spiro atoms. The van der Waals surface area contributed by atoms with Gasteiger partial charge in [-0.3, -0.25) is 9.59 Å². The number of ether oxygens (including phenoxy) is 1. The summed E-state index contributed by atoms with van der Waals surface area (Å²) in [5.41, 5.74) is 3.61. The Morgan fingerprint density at radius 3 is 2.37 bits per heavy atom. The van der Waals surface area contributed by atoms with Crippen LogP contribution in [0.1, 0.15) is 60.3 Å². The topological polar surface area (TPSA) is 61.9 Å². The number of piperazine rings is 1. The van der Waals surface area contributed by atoms with Crippen molar-refractivity contribution in [3.63, 3.8) is 0 Å². The monoisotopic (exact) mass is 559 g/mol. The fourth-order valence-corrected chi connectivity index (χ4v) is 6.20. The molecular weight excluding hydrogens is 521 g/mol. The highest BCUT2D eigenvalue weighted by Crippen LogP contribution is 2.32. The van der Waals surface area contributed by atoms with Gasteiger partial charge in [0.05, 0.1) is 22.2 Å². The van der Waals surface area contributed by atoms with Crippen molar-refractivity contribution in [3.8, 4) is 0 Å². The molecule has 2 aromatic rings. The summed E-state index contributed by atoms with van der Waals surface area (Å²) in [5, 5.41) is 4.40. The predicted octanol–water partition coefficient (Wildman–Crippen LogP) is 5.68. The van der Waals surface area contributed by atoms with E-state index >= 15 is 0 Å². The molecule has 0 radical (unpaired) electrons. The van der Waals surface area contributed by atoms with Gasteiger partial charge >= 0.3 is 0 Å². The molecular formula is C30H39Cl2N3O3. The maximum Gasteiger partial charge on any atom is 0.254 e. The van der Waals surface area contributed by atoms with E-state index in [-0.39, 0.29) is 30.6 Å². The first-order valence-corrected chi connectivity index (χ1v) is 14.3. The lowest BCUT2D eigenvalue weighted by atomic mass is 9.87. The lowest BCUT2D eigenvalue weighted by molar-refractivity contribution is -0.144. The molecule has 0 bridgehead atoms. The van der Waals surface area contributed by atoms with Crippen molar-refractivity contribution in [3.05, 3.63) is 68.7 Å². The molecule has 0 aromatic heterocycles. The first-order valence-electron chi connectivity index (χ1n) is 13.6. The summed E-state index contributed by atoms with van der Waals surface area (Å²) in [6, 6.07) is 11.4. The molecule has 4 rings (SSSR count). The minimum atomic E-state index is -0.350. The minimum absolute atomic E-state index is 0.0128. The lowest BCUT2D eigenvalue weighted by Gasteiger charge is -2.42. The van der Waals surface area contributed by atoms with Crippen LogP contribution in [0.4, 0.5) is 0 Å². The Hall–Kier alpha value is -2.12. The number of hydrogen-bond donors (Lipinski definition) is 1. The van der Waals surface area contributed by atoms with Gasteiger partial charge in [-0.05, 0) is 62.9 Å². The van der Waals surface area contributed by atoms with Crippen LogP contribution in [0.2, 0.25) is 10.0 Å². The third kappa shape index (κ3) is 6.36. The molecule has 206 valence electrons. The third-order valence-electron chi connectivity index (χ3n) is 8.23. The number of carbonyl (C=O) groups excluding carboxylic acids is 2. The number of rotatable bonds is 7. The van der Waals surface area contributed by atoms with Crippen molar-refractivity contribution in [2.75, 3.05) is 32.8 Å². The maximum atomic E-state index is 13.6. The summed E-state index contributed by atoms with van der Waals surface area (Å²) >= 11 is 12.6. The average Bonchev–Trinajstić information content (AvgIpc) is 3.22. The largest absolute Gasteiger partial charge is 0.368 e. The first-order chi connectivity index (χ1) is 18.1. The van der Waals surface area contributed by atoms with Crippen LogP contribution in [-0.4, -0.2) is 66.5 Å². The Morgan fingerprint density at radius 1 is 1.05 bits per heavy atom. The number of amides is 2. The summed E-state index contributed by atoms with van der Waals surface area (Å²) in [4.78, 5) is 30.7. The Labute approximate surface area is 236 Å². The highest BCUT2D eigenvalue weighted by molar-refractivity contribution is 6.42. The van der Waals surface area contributed by atoms with Crippen LogP contribution in [0.25, 0.3) is 0 Å². The first kappa shape index (κ1) is 28.9. The summed E-state index contributed by atoms with van der Waals surface area (Å²) in [6.07, 6.45) is 0.868. The Balaban J connectivity index is 1.52. The molecule has 2 amide bonds. The smallest absolute Gasteiger partial charge is 0.254 e. The van der Waals surface area contributed by atoms with E-state index in [1.54, 1.807) is 12.1 Å². The Morgan fingerprint density at radius 2 is 1.76 bits per heavy atom. The van der Waals surface area contributed by atoms with Crippen molar-refractivity contribution >= 4 is 35.0 Å². The van der Waals surface area contributed by atoms with Gasteiger partial charge in [-0.1, -0.05) is 60.3 Å². The molecule has 0 aliphatic carbocycles. The quantitative estimate of drug-likeness (QED) is 0.474. The summed E-state index contributed by atoms with van der Waals surface area (Å²) < 4.78 is 6.25. The van der Waals surface area contributed by atoms with Crippen LogP contribution in [0.5, 0.6) is 0 Å². The zero-order chi connectivity index (χ0) is 27.6. The molecule has 5 atom stereocenters. The van der Waals surface area contributed by atoms with E-state index in [1.165, 1.54) is 0 Å². The van der Waals surface area contributed by atoms with Crippen LogP contribution in [0, 0.1) is 25.7 Å². The maximum absolute atomic E-state index is 13.6. The van der Waals surface area contributed by atoms with Gasteiger partial charge < -0.3 is 19.9 Å². The highest BCUT2D eigenvalue weighted by Gasteiger charge is 2.37. The van der Waals surface area contributed by atoms with E-state index < -0.39 is 0 Å². The number of nitrogens with zero attached hydrogens (tertiary/aromatic N) is 2. The van der Waals surface area contributed by atoms with Crippen molar-refractivity contribution in [1.29, 1.82) is 0 Å². The van der Waals surface area contributed by atoms with Crippen LogP contribution >= 0.6 is 23.2 Å². The fourth-order valence-electron chi connectivity index (χ4n) is 5.89. The van der Waals surface area contributed by atoms with Gasteiger partial charge in [0.2, 0.25) is 5.91 Å². The molecule has 1 N–H and O–H groups in total. The average molecular weight is 561 g/mol. The Kier molecular flexibility index (Phi) is 9.40. The summed E-state index contributed by atoms with van der Waals surface area (Å²) in [7, 11) is 0. The van der Waals surface area contributed by atoms with E-state index in [2.05, 4.69) is 32.2 Å². The van der Waals surface area contributed by atoms with E-state index in [0.717, 1.165) is 29.7 Å². The van der Waals surface area contributed by atoms with Crippen molar-refractivity contribution in [2.45, 2.75) is 59.2 Å². The van der Waals surface area contributed by atoms with Crippen LogP contribution in [-0.2, 0) is 9.53 Å². The van der Waals surface area contributed by atoms with E-state index in [0.29, 0.717) is 53.1 Å². The van der Waals surface area contributed by atoms with Gasteiger partial charge in [0, 0.05) is 43.7 Å². The van der Waals surface area contributed by atoms with Gasteiger partial charge in [-0.2, -0.15) is 0 Å². The molecule has 8 heteroatoms. The number of hydrogen-bond acceptors (Lipinski definition) is 4. The van der Waals surface area contributed by atoms with Gasteiger partial charge in [0.1, 0.15) is 6.61 Å². The third-order valence-corrected chi connectivity index (χ3v) is 8.96. The Bertz CT molecular complexity index is 1150. The highest BCUT2D eigenvalue weighted by atomic mass is 35.5. The normalized spacial score (nSPS) is 24.5. The summed E-state index contributed by atoms with van der Waals surface area (Å²) in [6.45, 7) is 12.7. The SMILES string of the molecule is CC[C@H](OCC(=O)N1CCN(C(=O)c2cc(C)cc(C)c2)C[C@H]1c1ccc(Cl)c(Cl)c1)[C@@H]1CN[C@@H](C)[C@@H]1C. The lowest BCUT2D eigenvalue weighted by Crippen LogP contribution is -2.53. The van der Waals surface area contributed by atoms with E-state index in [9.17, 15) is 9.59 Å². The molecule has 2 aromatic carbocycles. The van der Waals surface area contributed by atoms with Gasteiger partial charge in [0.25, 0.3) is 5.91 Å². The van der Waals surface area contributed by atoms with E-state index in [1.807, 2.05) is 41.8 Å². The fraction of sp³-hybridized carbons (Fsp3) is 0.533. The van der Waals surface area contributed by atoms with Crippen LogP contribution < -0.4 is 5.32 Å². The molecule has 2 heterocycles. The standard InChI is InChI=1S/C30H39Cl2N3O3/c1-6-28(24-15-33-21(5)20(24)4)38-17-29(36)35-10-9-34(30(37)23-12-18(2)11-19(3)13-23)16-27(35)22-7-8-25(31)26(32)14-22/h7-8,11-14,20-21,24,27-28,33H,6,9-10,15-17H2,1-5H3/t20-,21-,24+,27-,28-/m0/s1. The molecule has 2 aliphatic heterocycles. The zero-order valence-corrected chi connectivity index (χ0v) is 24.5. The summed E-state index contributed by atoms with van der Waals surface area (Å²) in [5.74, 6) is 0.748. The molecule has 0 saturated carbocycles. The second kappa shape index (κ2) is 12.4. The van der Waals surface area contributed by atoms with Crippen molar-refractivity contribution < 1.29 is 14.3 Å². The number of halogens is 2. The van der Waals surface area contributed by atoms with Gasteiger partial charge in [-0.25, -0.2) is 0 Å². The van der Waals surface area contributed by atoms with Crippen molar-refractivity contribution in [2.24, 2.45) is 11.8 Å². The molecule has 6 nitrogen and oxygen atoms in total. The predicted molar refractivity (Wildman–Crippen MR) is 153 cm³/mol. The van der Waals surface area contributed by atoms with Gasteiger partial charge in [0.15, 0.2) is 0 Å². The molecule has 2 saturated heterocycles. The van der Waals surface area contributed by atoms with Crippen LogP contribution in [0.15, 0.2) is 36.4 Å². The molecule has 38 heavy (non-hydrogen) atoms. The number of carbonyl (C=O) groups is 2. The number of nitrogens with one attached hydrogen (secondary N) is 1.